The highest BCUT2D eigenvalue weighted by Gasteiger charge is 2.27. The van der Waals surface area contributed by atoms with Gasteiger partial charge < -0.3 is 5.73 Å². The normalized spacial score (nSPS) is 20.0. The van der Waals surface area contributed by atoms with Gasteiger partial charge in [0.1, 0.15) is 5.82 Å². The molecule has 1 saturated heterocycles. The Labute approximate surface area is 113 Å². The molecule has 2 rings (SSSR count). The van der Waals surface area contributed by atoms with Crippen LogP contribution in [0.1, 0.15) is 25.0 Å². The number of halogens is 1. The summed E-state index contributed by atoms with van der Waals surface area (Å²) < 4.78 is 13.5. The van der Waals surface area contributed by atoms with Gasteiger partial charge in [-0.3, -0.25) is 4.90 Å². The zero-order chi connectivity index (χ0) is 13.2. The first kappa shape index (κ1) is 13.8. The van der Waals surface area contributed by atoms with Gasteiger partial charge in [-0.1, -0.05) is 6.07 Å². The van der Waals surface area contributed by atoms with E-state index in [4.69, 9.17) is 5.73 Å². The van der Waals surface area contributed by atoms with Crippen molar-refractivity contribution >= 4 is 11.8 Å². The maximum Gasteiger partial charge on any atom is 0.123 e. The molecule has 1 aromatic carbocycles. The van der Waals surface area contributed by atoms with Crippen molar-refractivity contribution in [1.82, 2.24) is 4.90 Å². The van der Waals surface area contributed by atoms with E-state index in [2.05, 4.69) is 18.7 Å². The molecular weight excluding hydrogens is 247 g/mol. The maximum atomic E-state index is 13.2. The van der Waals surface area contributed by atoms with Gasteiger partial charge in [0.2, 0.25) is 0 Å². The Morgan fingerprint density at radius 1 is 1.39 bits per heavy atom. The van der Waals surface area contributed by atoms with Crippen LogP contribution >= 0.6 is 11.8 Å². The van der Waals surface area contributed by atoms with Crippen molar-refractivity contribution in [3.8, 4) is 0 Å². The molecule has 2 nitrogen and oxygen atoms in total. The van der Waals surface area contributed by atoms with E-state index in [0.717, 1.165) is 36.5 Å². The minimum Gasteiger partial charge on any atom is -0.326 e. The van der Waals surface area contributed by atoms with Crippen molar-refractivity contribution in [3.05, 3.63) is 35.1 Å². The van der Waals surface area contributed by atoms with Gasteiger partial charge in [-0.25, -0.2) is 4.39 Å². The fourth-order valence-corrected chi connectivity index (χ4v) is 3.60. The second kappa shape index (κ2) is 5.59. The quantitative estimate of drug-likeness (QED) is 0.913. The van der Waals surface area contributed by atoms with Crippen LogP contribution in [0.2, 0.25) is 0 Å². The molecule has 0 unspecified atom stereocenters. The third kappa shape index (κ3) is 3.46. The molecule has 100 valence electrons. The fraction of sp³-hybridized carbons (Fsp3) is 0.571. The molecular formula is C14H21FN2S. The molecule has 0 atom stereocenters. The number of benzene rings is 1. The summed E-state index contributed by atoms with van der Waals surface area (Å²) in [4.78, 5) is 2.43. The number of thioether (sulfide) groups is 1. The number of nitrogens with two attached hydrogens (primary N) is 1. The molecule has 0 aromatic heterocycles. The lowest BCUT2D eigenvalue weighted by Gasteiger charge is -2.37. The molecule has 1 aromatic rings. The smallest absolute Gasteiger partial charge is 0.123 e. The van der Waals surface area contributed by atoms with Crippen LogP contribution in [0.25, 0.3) is 0 Å². The van der Waals surface area contributed by atoms with Crippen molar-refractivity contribution < 1.29 is 4.39 Å². The minimum absolute atomic E-state index is 0.200. The highest BCUT2D eigenvalue weighted by molar-refractivity contribution is 8.00. The first-order chi connectivity index (χ1) is 8.50. The second-order valence-electron chi connectivity index (χ2n) is 5.44. The van der Waals surface area contributed by atoms with Gasteiger partial charge >= 0.3 is 0 Å². The lowest BCUT2D eigenvalue weighted by atomic mass is 10.1. The Bertz CT molecular complexity index is 420. The van der Waals surface area contributed by atoms with Crippen LogP contribution in [0.15, 0.2) is 18.2 Å². The van der Waals surface area contributed by atoms with Crippen LogP contribution in [0, 0.1) is 5.82 Å². The van der Waals surface area contributed by atoms with Crippen LogP contribution in [0.4, 0.5) is 4.39 Å². The van der Waals surface area contributed by atoms with Gasteiger partial charge in [0.05, 0.1) is 0 Å². The largest absolute Gasteiger partial charge is 0.326 e. The van der Waals surface area contributed by atoms with Crippen molar-refractivity contribution in [2.45, 2.75) is 31.7 Å². The van der Waals surface area contributed by atoms with Crippen LogP contribution in [-0.2, 0) is 13.1 Å². The molecule has 0 saturated carbocycles. The van der Waals surface area contributed by atoms with Gasteiger partial charge in [-0.05, 0) is 37.1 Å². The monoisotopic (exact) mass is 268 g/mol. The number of nitrogens with zero attached hydrogens (tertiary/aromatic N) is 1. The van der Waals surface area contributed by atoms with E-state index in [0.29, 0.717) is 11.3 Å². The van der Waals surface area contributed by atoms with Crippen molar-refractivity contribution in [1.29, 1.82) is 0 Å². The summed E-state index contributed by atoms with van der Waals surface area (Å²) in [6.45, 7) is 7.99. The van der Waals surface area contributed by atoms with E-state index in [-0.39, 0.29) is 5.82 Å². The third-order valence-corrected chi connectivity index (χ3v) is 4.58. The molecule has 4 heteroatoms. The predicted molar refractivity (Wildman–Crippen MR) is 76.1 cm³/mol. The van der Waals surface area contributed by atoms with Crippen LogP contribution in [-0.4, -0.2) is 28.5 Å². The van der Waals surface area contributed by atoms with Crippen molar-refractivity contribution in [3.63, 3.8) is 0 Å². The molecule has 1 aliphatic heterocycles. The summed E-state index contributed by atoms with van der Waals surface area (Å²) >= 11 is 2.02. The van der Waals surface area contributed by atoms with Crippen molar-refractivity contribution in [2.75, 3.05) is 18.8 Å². The topological polar surface area (TPSA) is 29.3 Å². The molecule has 1 fully saturated rings. The van der Waals surface area contributed by atoms with Crippen LogP contribution < -0.4 is 5.73 Å². The highest BCUT2D eigenvalue weighted by Crippen LogP contribution is 2.30. The van der Waals surface area contributed by atoms with Crippen LogP contribution in [0.5, 0.6) is 0 Å². The Hall–Kier alpha value is -0.580. The standard InChI is InChI=1S/C14H21FN2S/c1-14(2)10-17(5-6-18-14)9-11-3-4-13(15)7-12(11)8-16/h3-4,7H,5-6,8-10,16H2,1-2H3. The van der Waals surface area contributed by atoms with E-state index in [1.807, 2.05) is 17.8 Å². The Morgan fingerprint density at radius 3 is 2.83 bits per heavy atom. The maximum absolute atomic E-state index is 13.2. The van der Waals surface area contributed by atoms with Gasteiger partial charge in [0.25, 0.3) is 0 Å². The fourth-order valence-electron chi connectivity index (χ4n) is 2.43. The summed E-state index contributed by atoms with van der Waals surface area (Å²) in [5, 5.41) is 0. The zero-order valence-electron chi connectivity index (χ0n) is 11.1. The number of hydrogen-bond acceptors (Lipinski definition) is 3. The summed E-state index contributed by atoms with van der Waals surface area (Å²) in [6, 6.07) is 4.95. The minimum atomic E-state index is -0.200. The van der Waals surface area contributed by atoms with Gasteiger partial charge in [0, 0.05) is 36.7 Å². The molecule has 0 spiro atoms. The van der Waals surface area contributed by atoms with E-state index in [1.54, 1.807) is 6.07 Å². The van der Waals surface area contributed by atoms with Gasteiger partial charge in [-0.2, -0.15) is 11.8 Å². The Balaban J connectivity index is 2.09. The first-order valence-corrected chi connectivity index (χ1v) is 7.32. The van der Waals surface area contributed by atoms with E-state index in [9.17, 15) is 4.39 Å². The SMILES string of the molecule is CC1(C)CN(Cc2ccc(F)cc2CN)CCS1. The molecule has 18 heavy (non-hydrogen) atoms. The van der Waals surface area contributed by atoms with Crippen LogP contribution in [0.3, 0.4) is 0 Å². The molecule has 0 radical (unpaired) electrons. The molecule has 1 heterocycles. The summed E-state index contributed by atoms with van der Waals surface area (Å²) in [7, 11) is 0. The first-order valence-electron chi connectivity index (χ1n) is 6.34. The Kier molecular flexibility index (Phi) is 4.30. The molecule has 0 bridgehead atoms. The third-order valence-electron chi connectivity index (χ3n) is 3.29. The molecule has 1 aliphatic rings. The lowest BCUT2D eigenvalue weighted by molar-refractivity contribution is 0.252. The average Bonchev–Trinajstić information content (AvgIpc) is 2.30. The van der Waals surface area contributed by atoms with Gasteiger partial charge in [0.15, 0.2) is 0 Å². The van der Waals surface area contributed by atoms with E-state index >= 15 is 0 Å². The van der Waals surface area contributed by atoms with E-state index < -0.39 is 0 Å². The summed E-state index contributed by atoms with van der Waals surface area (Å²) in [5.41, 5.74) is 7.77. The van der Waals surface area contributed by atoms with Gasteiger partial charge in [-0.15, -0.1) is 0 Å². The second-order valence-corrected chi connectivity index (χ2v) is 7.24. The summed E-state index contributed by atoms with van der Waals surface area (Å²) in [5.74, 6) is 0.959. The lowest BCUT2D eigenvalue weighted by Crippen LogP contribution is -2.42. The number of rotatable bonds is 3. The molecule has 0 amide bonds. The van der Waals surface area contributed by atoms with E-state index in [1.165, 1.54) is 6.07 Å². The number of hydrogen-bond donors (Lipinski definition) is 1. The predicted octanol–water partition coefficient (Wildman–Crippen LogP) is 2.61. The molecule has 0 aliphatic carbocycles. The van der Waals surface area contributed by atoms with Crippen molar-refractivity contribution in [2.24, 2.45) is 5.73 Å². The zero-order valence-corrected chi connectivity index (χ0v) is 11.9. The average molecular weight is 268 g/mol. The highest BCUT2D eigenvalue weighted by atomic mass is 32.2. The summed E-state index contributed by atoms with van der Waals surface area (Å²) in [6.07, 6.45) is 0. The Morgan fingerprint density at radius 2 is 2.17 bits per heavy atom. The molecule has 2 N–H and O–H groups in total.